The summed E-state index contributed by atoms with van der Waals surface area (Å²) in [5.41, 5.74) is 1.57. The summed E-state index contributed by atoms with van der Waals surface area (Å²) in [6.07, 6.45) is 4.22. The van der Waals surface area contributed by atoms with Gasteiger partial charge in [-0.05, 0) is 37.5 Å². The zero-order chi connectivity index (χ0) is 11.1. The average molecular weight is 204 g/mol. The van der Waals surface area contributed by atoms with Crippen LogP contribution in [-0.2, 0) is 6.42 Å². The summed E-state index contributed by atoms with van der Waals surface area (Å²) in [6, 6.07) is 5.27. The number of unbranched alkanes of at least 4 members (excludes halogenated alkanes) is 2. The third-order valence-electron chi connectivity index (χ3n) is 2.37. The van der Waals surface area contributed by atoms with E-state index in [0.29, 0.717) is 0 Å². The summed E-state index contributed by atoms with van der Waals surface area (Å²) >= 11 is 0. The maximum Gasteiger partial charge on any atom is 0.127 e. The first-order valence-corrected chi connectivity index (χ1v) is 5.49. The molecule has 0 spiro atoms. The van der Waals surface area contributed by atoms with Crippen molar-refractivity contribution in [1.82, 2.24) is 0 Å². The van der Waals surface area contributed by atoms with Crippen LogP contribution in [0.25, 0.3) is 0 Å². The van der Waals surface area contributed by atoms with Crippen molar-refractivity contribution in [2.75, 3.05) is 0 Å². The third kappa shape index (κ3) is 3.75. The Labute approximate surface area is 91.5 Å². The van der Waals surface area contributed by atoms with Crippen molar-refractivity contribution in [2.24, 2.45) is 0 Å². The van der Waals surface area contributed by atoms with Crippen molar-refractivity contribution in [2.45, 2.75) is 39.5 Å². The highest BCUT2D eigenvalue weighted by molar-refractivity contribution is 5.36. The fourth-order valence-electron chi connectivity index (χ4n) is 1.54. The number of rotatable bonds is 4. The largest absolute Gasteiger partial charge is 0.207 e. The Morgan fingerprint density at radius 3 is 2.67 bits per heavy atom. The molecule has 0 saturated carbocycles. The van der Waals surface area contributed by atoms with Crippen LogP contribution in [0.2, 0.25) is 0 Å². The average Bonchev–Trinajstić information content (AvgIpc) is 2.22. The van der Waals surface area contributed by atoms with Crippen LogP contribution in [-0.4, -0.2) is 0 Å². The Morgan fingerprint density at radius 1 is 1.27 bits per heavy atom. The van der Waals surface area contributed by atoms with E-state index in [2.05, 4.69) is 18.8 Å². The Kier molecular flexibility index (Phi) is 4.90. The van der Waals surface area contributed by atoms with Gasteiger partial charge in [-0.3, -0.25) is 0 Å². The number of aryl methyl sites for hydroxylation is 1. The molecule has 0 saturated heterocycles. The van der Waals surface area contributed by atoms with Gasteiger partial charge in [0.1, 0.15) is 5.82 Å². The fourth-order valence-corrected chi connectivity index (χ4v) is 1.54. The van der Waals surface area contributed by atoms with E-state index < -0.39 is 0 Å². The van der Waals surface area contributed by atoms with E-state index in [-0.39, 0.29) is 5.82 Å². The van der Waals surface area contributed by atoms with Crippen molar-refractivity contribution in [1.29, 1.82) is 0 Å². The first kappa shape index (κ1) is 11.8. The highest BCUT2D eigenvalue weighted by atomic mass is 19.1. The van der Waals surface area contributed by atoms with Crippen LogP contribution >= 0.6 is 0 Å². The maximum absolute atomic E-state index is 13.5. The van der Waals surface area contributed by atoms with Gasteiger partial charge in [0, 0.05) is 5.56 Å². The van der Waals surface area contributed by atoms with Gasteiger partial charge in [-0.15, -0.1) is 5.92 Å². The van der Waals surface area contributed by atoms with Crippen LogP contribution in [0.5, 0.6) is 0 Å². The molecule has 1 rings (SSSR count). The van der Waals surface area contributed by atoms with Crippen molar-refractivity contribution in [3.63, 3.8) is 0 Å². The topological polar surface area (TPSA) is 0 Å². The second kappa shape index (κ2) is 6.24. The number of hydrogen-bond acceptors (Lipinski definition) is 0. The minimum Gasteiger partial charge on any atom is -0.207 e. The normalized spacial score (nSPS) is 9.53. The third-order valence-corrected chi connectivity index (χ3v) is 2.37. The van der Waals surface area contributed by atoms with Gasteiger partial charge >= 0.3 is 0 Å². The van der Waals surface area contributed by atoms with Gasteiger partial charge < -0.3 is 0 Å². The molecule has 0 aliphatic heterocycles. The summed E-state index contributed by atoms with van der Waals surface area (Å²) < 4.78 is 13.5. The van der Waals surface area contributed by atoms with Gasteiger partial charge in [-0.25, -0.2) is 4.39 Å². The molecule has 0 aliphatic rings. The molecule has 0 radical (unpaired) electrons. The monoisotopic (exact) mass is 204 g/mol. The number of halogens is 1. The van der Waals surface area contributed by atoms with E-state index in [1.807, 2.05) is 12.1 Å². The molecule has 0 N–H and O–H groups in total. The molecule has 1 heteroatoms. The van der Waals surface area contributed by atoms with Crippen molar-refractivity contribution < 1.29 is 4.39 Å². The molecule has 1 aromatic rings. The summed E-state index contributed by atoms with van der Waals surface area (Å²) in [5.74, 6) is 5.50. The lowest BCUT2D eigenvalue weighted by atomic mass is 10.0. The Morgan fingerprint density at radius 2 is 2.07 bits per heavy atom. The summed E-state index contributed by atoms with van der Waals surface area (Å²) in [6.45, 7) is 3.91. The van der Waals surface area contributed by atoms with Gasteiger partial charge in [0.25, 0.3) is 0 Å². The highest BCUT2D eigenvalue weighted by Gasteiger charge is 2.01. The first-order chi connectivity index (χ1) is 7.27. The Bertz CT molecular complexity index is 369. The molecule has 15 heavy (non-hydrogen) atoms. The van der Waals surface area contributed by atoms with Crippen LogP contribution in [0, 0.1) is 17.7 Å². The van der Waals surface area contributed by atoms with Gasteiger partial charge in [-0.1, -0.05) is 31.8 Å². The number of benzene rings is 1. The first-order valence-electron chi connectivity index (χ1n) is 5.49. The molecule has 0 atom stereocenters. The SMILES string of the molecule is CC#Cc1ccc(CCCCC)c(F)c1. The summed E-state index contributed by atoms with van der Waals surface area (Å²) in [5, 5.41) is 0. The molecule has 0 heterocycles. The van der Waals surface area contributed by atoms with Crippen molar-refractivity contribution in [3.8, 4) is 11.8 Å². The predicted octanol–water partition coefficient (Wildman–Crippen LogP) is 3.93. The molecule has 1 aromatic carbocycles. The van der Waals surface area contributed by atoms with Crippen LogP contribution < -0.4 is 0 Å². The van der Waals surface area contributed by atoms with Gasteiger partial charge in [0.05, 0.1) is 0 Å². The molecule has 0 unspecified atom stereocenters. The quantitative estimate of drug-likeness (QED) is 0.515. The van der Waals surface area contributed by atoms with E-state index in [0.717, 1.165) is 30.4 Å². The molecule has 0 aliphatic carbocycles. The van der Waals surface area contributed by atoms with Crippen LogP contribution in [0.15, 0.2) is 18.2 Å². The minimum atomic E-state index is -0.119. The zero-order valence-electron chi connectivity index (χ0n) is 9.44. The van der Waals surface area contributed by atoms with Crippen LogP contribution in [0.3, 0.4) is 0 Å². The molecule has 0 amide bonds. The Hall–Kier alpha value is -1.29. The molecule has 80 valence electrons. The fraction of sp³-hybridized carbons (Fsp3) is 0.429. The molecule has 0 bridgehead atoms. The van der Waals surface area contributed by atoms with Crippen molar-refractivity contribution >= 4 is 0 Å². The van der Waals surface area contributed by atoms with E-state index in [9.17, 15) is 4.39 Å². The van der Waals surface area contributed by atoms with Crippen LogP contribution in [0.4, 0.5) is 4.39 Å². The minimum absolute atomic E-state index is 0.119. The van der Waals surface area contributed by atoms with E-state index >= 15 is 0 Å². The summed E-state index contributed by atoms with van der Waals surface area (Å²) in [7, 11) is 0. The van der Waals surface area contributed by atoms with Crippen LogP contribution in [0.1, 0.15) is 44.2 Å². The molecule has 0 fully saturated rings. The van der Waals surface area contributed by atoms with E-state index in [4.69, 9.17) is 0 Å². The van der Waals surface area contributed by atoms with Crippen molar-refractivity contribution in [3.05, 3.63) is 35.1 Å². The zero-order valence-corrected chi connectivity index (χ0v) is 9.44. The molecule has 0 aromatic heterocycles. The number of hydrogen-bond donors (Lipinski definition) is 0. The Balaban J connectivity index is 2.69. The van der Waals surface area contributed by atoms with E-state index in [1.165, 1.54) is 12.5 Å². The molecule has 0 nitrogen and oxygen atoms in total. The van der Waals surface area contributed by atoms with E-state index in [1.54, 1.807) is 6.92 Å². The summed E-state index contributed by atoms with van der Waals surface area (Å²) in [4.78, 5) is 0. The molecular weight excluding hydrogens is 187 g/mol. The maximum atomic E-state index is 13.5. The second-order valence-electron chi connectivity index (χ2n) is 3.64. The lowest BCUT2D eigenvalue weighted by Gasteiger charge is -2.02. The van der Waals surface area contributed by atoms with Gasteiger partial charge in [0.2, 0.25) is 0 Å². The van der Waals surface area contributed by atoms with Gasteiger partial charge in [0.15, 0.2) is 0 Å². The van der Waals surface area contributed by atoms with Gasteiger partial charge in [-0.2, -0.15) is 0 Å². The lowest BCUT2D eigenvalue weighted by Crippen LogP contribution is -1.91. The lowest BCUT2D eigenvalue weighted by molar-refractivity contribution is 0.598. The molecular formula is C14H17F. The highest BCUT2D eigenvalue weighted by Crippen LogP contribution is 2.13. The predicted molar refractivity (Wildman–Crippen MR) is 62.2 cm³/mol. The standard InChI is InChI=1S/C14H17F/c1-3-5-6-8-13-10-9-12(7-4-2)11-14(13)15/h9-11H,3,5-6,8H2,1-2H3. The smallest absolute Gasteiger partial charge is 0.127 e. The second-order valence-corrected chi connectivity index (χ2v) is 3.64.